The van der Waals surface area contributed by atoms with Gasteiger partial charge in [-0.2, -0.15) is 0 Å². The summed E-state index contributed by atoms with van der Waals surface area (Å²) in [4.78, 5) is 24.4. The molecule has 1 aromatic heterocycles. The van der Waals surface area contributed by atoms with E-state index in [4.69, 9.17) is 9.47 Å². The number of methoxy groups -OCH3 is 1. The number of unbranched alkanes of at least 4 members (excludes halogenated alkanes) is 5. The number of nitrogens with zero attached hydrogens (tertiary/aromatic N) is 2. The van der Waals surface area contributed by atoms with Crippen LogP contribution in [0.25, 0.3) is 10.9 Å². The minimum Gasteiger partial charge on any atom is -0.492 e. The van der Waals surface area contributed by atoms with Crippen molar-refractivity contribution in [3.8, 4) is 11.5 Å². The van der Waals surface area contributed by atoms with Crippen molar-refractivity contribution >= 4 is 16.6 Å². The molecule has 0 unspecified atom stereocenters. The molecular formula is C28H40N2O5. The fourth-order valence-corrected chi connectivity index (χ4v) is 4.06. The molecule has 7 heteroatoms. The topological polar surface area (TPSA) is 83.6 Å². The molecule has 0 aliphatic rings. The van der Waals surface area contributed by atoms with Gasteiger partial charge in [-0.25, -0.2) is 0 Å². The van der Waals surface area contributed by atoms with Crippen LogP contribution in [0.15, 0.2) is 46.3 Å². The van der Waals surface area contributed by atoms with E-state index in [-0.39, 0.29) is 23.6 Å². The van der Waals surface area contributed by atoms with Crippen LogP contribution in [-0.2, 0) is 6.54 Å². The molecule has 2 aromatic rings. The predicted octanol–water partition coefficient (Wildman–Crippen LogP) is 7.35. The Hall–Kier alpha value is -3.09. The minimum atomic E-state index is -0.446. The number of benzene rings is 1. The Morgan fingerprint density at radius 1 is 1.06 bits per heavy atom. The molecule has 192 valence electrons. The molecule has 7 nitrogen and oxygen atoms in total. The Bertz CT molecular complexity index is 1110. The lowest BCUT2D eigenvalue weighted by Crippen LogP contribution is -2.24. The molecule has 0 saturated carbocycles. The first-order valence-corrected chi connectivity index (χ1v) is 12.6. The number of hydrogen-bond acceptors (Lipinski definition) is 5. The van der Waals surface area contributed by atoms with E-state index in [0.717, 1.165) is 32.1 Å². The summed E-state index contributed by atoms with van der Waals surface area (Å²) < 4.78 is 13.1. The second-order valence-electron chi connectivity index (χ2n) is 9.23. The first-order valence-electron chi connectivity index (χ1n) is 12.6. The number of allylic oxidation sites excluding steroid dienone is 3. The first kappa shape index (κ1) is 28.1. The van der Waals surface area contributed by atoms with E-state index in [1.165, 1.54) is 49.7 Å². The zero-order chi connectivity index (χ0) is 25.8. The lowest BCUT2D eigenvalue weighted by Gasteiger charge is -2.17. The van der Waals surface area contributed by atoms with Crippen molar-refractivity contribution in [2.45, 2.75) is 85.6 Å². The molecule has 0 radical (unpaired) electrons. The average Bonchev–Trinajstić information content (AvgIpc) is 2.82. The van der Waals surface area contributed by atoms with Crippen LogP contribution in [0.3, 0.4) is 0 Å². The third kappa shape index (κ3) is 8.26. The monoisotopic (exact) mass is 484 g/mol. The number of ether oxygens (including phenoxy) is 2. The van der Waals surface area contributed by atoms with Crippen molar-refractivity contribution in [2.75, 3.05) is 13.7 Å². The standard InChI is InChI=1S/C28H40N2O5/c1-6-7-8-9-10-11-18-29-25-20-23(30(32)33)15-16-24(25)26(34-5)27(28(29)31)35-19-17-22(4)14-12-13-21(2)3/h13,15-17,20H,6-12,14,18-19H2,1-5H3/b22-17+. The molecule has 35 heavy (non-hydrogen) atoms. The number of pyridine rings is 1. The maximum absolute atomic E-state index is 13.5. The normalized spacial score (nSPS) is 11.5. The summed E-state index contributed by atoms with van der Waals surface area (Å²) >= 11 is 0. The Balaban J connectivity index is 2.36. The minimum absolute atomic E-state index is 0.0563. The predicted molar refractivity (Wildman–Crippen MR) is 143 cm³/mol. The highest BCUT2D eigenvalue weighted by Gasteiger charge is 2.21. The van der Waals surface area contributed by atoms with Crippen molar-refractivity contribution in [3.05, 3.63) is 62.0 Å². The second kappa shape index (κ2) is 14.3. The van der Waals surface area contributed by atoms with Gasteiger partial charge < -0.3 is 14.0 Å². The van der Waals surface area contributed by atoms with Crippen molar-refractivity contribution in [2.24, 2.45) is 0 Å². The summed E-state index contributed by atoms with van der Waals surface area (Å²) in [5.74, 6) is 0.461. The Labute approximate surface area is 208 Å². The summed E-state index contributed by atoms with van der Waals surface area (Å²) in [6, 6.07) is 4.52. The number of nitro benzene ring substituents is 1. The van der Waals surface area contributed by atoms with E-state index in [9.17, 15) is 14.9 Å². The highest BCUT2D eigenvalue weighted by atomic mass is 16.6. The molecule has 1 aromatic carbocycles. The van der Waals surface area contributed by atoms with Crippen molar-refractivity contribution in [1.29, 1.82) is 0 Å². The maximum Gasteiger partial charge on any atom is 0.297 e. The summed E-state index contributed by atoms with van der Waals surface area (Å²) in [5, 5.41) is 12.0. The van der Waals surface area contributed by atoms with Crippen LogP contribution >= 0.6 is 0 Å². The Morgan fingerprint density at radius 2 is 1.77 bits per heavy atom. The van der Waals surface area contributed by atoms with Crippen LogP contribution in [0.4, 0.5) is 5.69 Å². The highest BCUT2D eigenvalue weighted by molar-refractivity contribution is 5.89. The summed E-state index contributed by atoms with van der Waals surface area (Å²) in [7, 11) is 1.49. The Morgan fingerprint density at radius 3 is 2.43 bits per heavy atom. The van der Waals surface area contributed by atoms with Gasteiger partial charge in [-0.1, -0.05) is 56.3 Å². The van der Waals surface area contributed by atoms with Gasteiger partial charge >= 0.3 is 0 Å². The van der Waals surface area contributed by atoms with Gasteiger partial charge in [-0.3, -0.25) is 14.9 Å². The number of rotatable bonds is 15. The van der Waals surface area contributed by atoms with Crippen LogP contribution in [0.5, 0.6) is 11.5 Å². The molecule has 0 fully saturated rings. The van der Waals surface area contributed by atoms with Crippen LogP contribution in [0, 0.1) is 10.1 Å². The summed E-state index contributed by atoms with van der Waals surface area (Å²) in [6.07, 6.45) is 12.6. The lowest BCUT2D eigenvalue weighted by atomic mass is 10.1. The van der Waals surface area contributed by atoms with Gasteiger partial charge in [-0.15, -0.1) is 0 Å². The van der Waals surface area contributed by atoms with Crippen molar-refractivity contribution in [1.82, 2.24) is 4.57 Å². The molecule has 0 aliphatic heterocycles. The summed E-state index contributed by atoms with van der Waals surface area (Å²) in [6.45, 7) is 9.12. The first-order chi connectivity index (χ1) is 16.8. The van der Waals surface area contributed by atoms with E-state index in [1.54, 1.807) is 10.6 Å². The van der Waals surface area contributed by atoms with Crippen molar-refractivity contribution in [3.63, 3.8) is 0 Å². The van der Waals surface area contributed by atoms with Crippen LogP contribution in [0.2, 0.25) is 0 Å². The molecule has 0 aliphatic carbocycles. The van der Waals surface area contributed by atoms with Crippen LogP contribution in [-0.4, -0.2) is 23.2 Å². The van der Waals surface area contributed by atoms with Gasteiger partial charge in [0.25, 0.3) is 11.2 Å². The molecule has 2 rings (SSSR count). The molecule has 0 bridgehead atoms. The highest BCUT2D eigenvalue weighted by Crippen LogP contribution is 2.34. The smallest absolute Gasteiger partial charge is 0.297 e. The van der Waals surface area contributed by atoms with Gasteiger partial charge in [0.1, 0.15) is 6.61 Å². The SMILES string of the molecule is CCCCCCCCn1c(=O)c(OC/C=C(\C)CCC=C(C)C)c(OC)c2ccc([N+](=O)[O-])cc21. The third-order valence-electron chi connectivity index (χ3n) is 6.06. The largest absolute Gasteiger partial charge is 0.492 e. The van der Waals surface area contributed by atoms with E-state index in [1.807, 2.05) is 6.08 Å². The molecular weight excluding hydrogens is 444 g/mol. The van der Waals surface area contributed by atoms with E-state index < -0.39 is 4.92 Å². The second-order valence-corrected chi connectivity index (χ2v) is 9.23. The summed E-state index contributed by atoms with van der Waals surface area (Å²) in [5.41, 5.74) is 2.60. The maximum atomic E-state index is 13.5. The lowest BCUT2D eigenvalue weighted by molar-refractivity contribution is -0.384. The number of non-ortho nitro benzene ring substituents is 1. The van der Waals surface area contributed by atoms with E-state index >= 15 is 0 Å². The third-order valence-corrected chi connectivity index (χ3v) is 6.06. The van der Waals surface area contributed by atoms with Gasteiger partial charge in [-0.05, 0) is 52.2 Å². The van der Waals surface area contributed by atoms with E-state index in [0.29, 0.717) is 23.2 Å². The van der Waals surface area contributed by atoms with Gasteiger partial charge in [0.05, 0.1) is 17.5 Å². The molecule has 0 spiro atoms. The molecule has 0 amide bonds. The molecule has 1 heterocycles. The van der Waals surface area contributed by atoms with Gasteiger partial charge in [0.15, 0.2) is 5.75 Å². The molecule has 0 N–H and O–H groups in total. The number of nitro groups is 1. The number of hydrogen-bond donors (Lipinski definition) is 0. The van der Waals surface area contributed by atoms with Gasteiger partial charge in [0, 0.05) is 24.1 Å². The fourth-order valence-electron chi connectivity index (χ4n) is 4.06. The molecule has 0 atom stereocenters. The zero-order valence-corrected chi connectivity index (χ0v) is 21.9. The van der Waals surface area contributed by atoms with Crippen molar-refractivity contribution < 1.29 is 14.4 Å². The Kier molecular flexibility index (Phi) is 11.5. The number of aryl methyl sites for hydroxylation is 1. The van der Waals surface area contributed by atoms with Crippen LogP contribution in [0.1, 0.15) is 79.1 Å². The fraction of sp³-hybridized carbons (Fsp3) is 0.536. The van der Waals surface area contributed by atoms with Gasteiger partial charge in [0.2, 0.25) is 5.75 Å². The molecule has 0 saturated heterocycles. The number of aromatic nitrogens is 1. The zero-order valence-electron chi connectivity index (χ0n) is 21.9. The van der Waals surface area contributed by atoms with E-state index in [2.05, 4.69) is 33.8 Å². The average molecular weight is 485 g/mol. The van der Waals surface area contributed by atoms with Crippen LogP contribution < -0.4 is 15.0 Å². The number of fused-ring (bicyclic) bond motifs is 1. The quantitative estimate of drug-likeness (QED) is 0.114.